The Hall–Kier alpha value is -3.28. The van der Waals surface area contributed by atoms with Gasteiger partial charge in [-0.3, -0.25) is 9.59 Å². The summed E-state index contributed by atoms with van der Waals surface area (Å²) in [7, 11) is 0. The van der Waals surface area contributed by atoms with E-state index in [1.807, 2.05) is 49.9 Å². The van der Waals surface area contributed by atoms with E-state index in [9.17, 15) is 9.59 Å². The second-order valence-corrected chi connectivity index (χ2v) is 7.98. The number of benzene rings is 2. The monoisotopic (exact) mass is 420 g/mol. The summed E-state index contributed by atoms with van der Waals surface area (Å²) in [4.78, 5) is 30.3. The molecule has 0 spiro atoms. The van der Waals surface area contributed by atoms with Crippen molar-refractivity contribution in [2.24, 2.45) is 0 Å². The topological polar surface area (TPSA) is 59.1 Å². The molecule has 1 fully saturated rings. The number of hydrogen-bond acceptors (Lipinski definition) is 5. The van der Waals surface area contributed by atoms with Crippen LogP contribution in [0.4, 0.5) is 5.69 Å². The van der Waals surface area contributed by atoms with Gasteiger partial charge in [-0.15, -0.1) is 0 Å². The number of rotatable bonds is 7. The summed E-state index contributed by atoms with van der Waals surface area (Å²) in [5, 5.41) is 0. The fourth-order valence-electron chi connectivity index (χ4n) is 4.08. The maximum atomic E-state index is 13.5. The van der Waals surface area contributed by atoms with Crippen LogP contribution in [0, 0.1) is 0 Å². The summed E-state index contributed by atoms with van der Waals surface area (Å²) in [6.45, 7) is 7.97. The molecule has 2 heterocycles. The van der Waals surface area contributed by atoms with Crippen molar-refractivity contribution in [1.29, 1.82) is 0 Å². The predicted octanol–water partition coefficient (Wildman–Crippen LogP) is 4.25. The third-order valence-electron chi connectivity index (χ3n) is 5.40. The Bertz CT molecular complexity index is 987. The van der Waals surface area contributed by atoms with E-state index in [1.165, 1.54) is 4.90 Å². The second-order valence-electron chi connectivity index (χ2n) is 7.98. The number of imide groups is 1. The van der Waals surface area contributed by atoms with Crippen LogP contribution in [0.3, 0.4) is 0 Å². The number of carbonyl (C=O) groups excluding carboxylic acids is 2. The van der Waals surface area contributed by atoms with Crippen LogP contribution < -0.4 is 14.4 Å². The van der Waals surface area contributed by atoms with Gasteiger partial charge in [0.2, 0.25) is 0 Å². The van der Waals surface area contributed by atoms with Crippen LogP contribution >= 0.6 is 0 Å². The van der Waals surface area contributed by atoms with Gasteiger partial charge in [-0.2, -0.15) is 0 Å². The highest BCUT2D eigenvalue weighted by atomic mass is 16.5. The van der Waals surface area contributed by atoms with Gasteiger partial charge in [-0.25, -0.2) is 4.90 Å². The van der Waals surface area contributed by atoms with Crippen LogP contribution in [0.15, 0.2) is 54.2 Å². The van der Waals surface area contributed by atoms with E-state index in [4.69, 9.17) is 9.47 Å². The van der Waals surface area contributed by atoms with Crippen molar-refractivity contribution in [2.75, 3.05) is 24.6 Å². The molecule has 0 bridgehead atoms. The molecule has 2 aromatic rings. The Labute approximate surface area is 183 Å². The lowest BCUT2D eigenvalue weighted by atomic mass is 10.0. The SMILES string of the molecule is CCOc1ccc(C2=C(N3CCCC3)C(=O)N(c3ccc(OC(C)C)cc3)C2=O)cc1. The van der Waals surface area contributed by atoms with Crippen LogP contribution in [-0.4, -0.2) is 42.5 Å². The molecule has 0 aromatic heterocycles. The number of amides is 2. The van der Waals surface area contributed by atoms with Gasteiger partial charge in [0.05, 0.1) is 24.0 Å². The maximum absolute atomic E-state index is 13.5. The third-order valence-corrected chi connectivity index (χ3v) is 5.40. The number of likely N-dealkylation sites (tertiary alicyclic amines) is 1. The van der Waals surface area contributed by atoms with Crippen molar-refractivity contribution in [3.05, 3.63) is 59.8 Å². The lowest BCUT2D eigenvalue weighted by Crippen LogP contribution is -2.34. The van der Waals surface area contributed by atoms with Crippen LogP contribution in [-0.2, 0) is 9.59 Å². The summed E-state index contributed by atoms with van der Waals surface area (Å²) >= 11 is 0. The van der Waals surface area contributed by atoms with Crippen molar-refractivity contribution in [3.63, 3.8) is 0 Å². The van der Waals surface area contributed by atoms with Gasteiger partial charge in [-0.1, -0.05) is 12.1 Å². The number of hydrogen-bond donors (Lipinski definition) is 0. The molecule has 2 aromatic carbocycles. The maximum Gasteiger partial charge on any atom is 0.282 e. The fraction of sp³-hybridized carbons (Fsp3) is 0.360. The molecule has 2 aliphatic rings. The van der Waals surface area contributed by atoms with Crippen LogP contribution in [0.2, 0.25) is 0 Å². The Morgan fingerprint density at radius 2 is 1.48 bits per heavy atom. The largest absolute Gasteiger partial charge is 0.494 e. The molecular formula is C25H28N2O4. The average molecular weight is 421 g/mol. The van der Waals surface area contributed by atoms with Crippen LogP contribution in [0.25, 0.3) is 5.57 Å². The number of ether oxygens (including phenoxy) is 2. The summed E-state index contributed by atoms with van der Waals surface area (Å²) in [6.07, 6.45) is 2.08. The predicted molar refractivity (Wildman–Crippen MR) is 120 cm³/mol. The molecule has 0 aliphatic carbocycles. The zero-order valence-corrected chi connectivity index (χ0v) is 18.3. The smallest absolute Gasteiger partial charge is 0.282 e. The summed E-state index contributed by atoms with van der Waals surface area (Å²) in [5.74, 6) is 0.878. The molecular weight excluding hydrogens is 392 g/mol. The normalized spacial score (nSPS) is 16.6. The van der Waals surface area contributed by atoms with Crippen molar-refractivity contribution in [2.45, 2.75) is 39.7 Å². The number of nitrogens with zero attached hydrogens (tertiary/aromatic N) is 2. The van der Waals surface area contributed by atoms with Gasteiger partial charge in [0.25, 0.3) is 11.8 Å². The molecule has 0 N–H and O–H groups in total. The van der Waals surface area contributed by atoms with Gasteiger partial charge in [0.15, 0.2) is 0 Å². The van der Waals surface area contributed by atoms with Gasteiger partial charge >= 0.3 is 0 Å². The van der Waals surface area contributed by atoms with E-state index in [0.29, 0.717) is 29.3 Å². The third kappa shape index (κ3) is 4.15. The van der Waals surface area contributed by atoms with E-state index < -0.39 is 0 Å². The van der Waals surface area contributed by atoms with Crippen molar-refractivity contribution >= 4 is 23.1 Å². The average Bonchev–Trinajstić information content (AvgIpc) is 3.36. The Morgan fingerprint density at radius 1 is 0.871 bits per heavy atom. The molecule has 31 heavy (non-hydrogen) atoms. The first kappa shape index (κ1) is 21.0. The standard InChI is InChI=1S/C25H28N2O4/c1-4-30-20-11-7-18(8-12-20)22-23(26-15-5-6-16-26)25(29)27(24(22)28)19-9-13-21(14-10-19)31-17(2)3/h7-14,17H,4-6,15-16H2,1-3H3. The molecule has 0 atom stereocenters. The first-order valence-corrected chi connectivity index (χ1v) is 10.9. The fourth-order valence-corrected chi connectivity index (χ4v) is 4.08. The van der Waals surface area contributed by atoms with Crippen molar-refractivity contribution in [3.8, 4) is 11.5 Å². The molecule has 4 rings (SSSR count). The number of carbonyl (C=O) groups is 2. The Kier molecular flexibility index (Phi) is 5.98. The summed E-state index contributed by atoms with van der Waals surface area (Å²) in [6, 6.07) is 14.5. The van der Waals surface area contributed by atoms with Crippen molar-refractivity contribution < 1.29 is 19.1 Å². The van der Waals surface area contributed by atoms with E-state index in [-0.39, 0.29) is 17.9 Å². The number of anilines is 1. The first-order valence-electron chi connectivity index (χ1n) is 10.9. The zero-order valence-electron chi connectivity index (χ0n) is 18.3. The first-order chi connectivity index (χ1) is 15.0. The molecule has 0 radical (unpaired) electrons. The van der Waals surface area contributed by atoms with E-state index in [1.54, 1.807) is 24.3 Å². The van der Waals surface area contributed by atoms with Gasteiger partial charge in [0.1, 0.15) is 17.2 Å². The molecule has 6 nitrogen and oxygen atoms in total. The molecule has 6 heteroatoms. The summed E-state index contributed by atoms with van der Waals surface area (Å²) < 4.78 is 11.2. The highest BCUT2D eigenvalue weighted by Gasteiger charge is 2.42. The van der Waals surface area contributed by atoms with Gasteiger partial charge < -0.3 is 14.4 Å². The van der Waals surface area contributed by atoms with Crippen LogP contribution in [0.5, 0.6) is 11.5 Å². The summed E-state index contributed by atoms with van der Waals surface area (Å²) in [5.41, 5.74) is 2.22. The Morgan fingerprint density at radius 3 is 2.06 bits per heavy atom. The van der Waals surface area contributed by atoms with Gasteiger partial charge in [0, 0.05) is 13.1 Å². The van der Waals surface area contributed by atoms with E-state index in [2.05, 4.69) is 0 Å². The highest BCUT2D eigenvalue weighted by Crippen LogP contribution is 2.37. The second kappa shape index (κ2) is 8.84. The Balaban J connectivity index is 1.70. The molecule has 0 saturated carbocycles. The molecule has 0 unspecified atom stereocenters. The van der Waals surface area contributed by atoms with Crippen LogP contribution in [0.1, 0.15) is 39.2 Å². The highest BCUT2D eigenvalue weighted by molar-refractivity contribution is 6.45. The quantitative estimate of drug-likeness (QED) is 0.627. The minimum atomic E-state index is -0.298. The van der Waals surface area contributed by atoms with E-state index >= 15 is 0 Å². The molecule has 2 aliphatic heterocycles. The molecule has 1 saturated heterocycles. The van der Waals surface area contributed by atoms with E-state index in [0.717, 1.165) is 37.2 Å². The minimum Gasteiger partial charge on any atom is -0.494 e. The van der Waals surface area contributed by atoms with Crippen molar-refractivity contribution in [1.82, 2.24) is 4.90 Å². The van der Waals surface area contributed by atoms with Gasteiger partial charge in [-0.05, 0) is 75.6 Å². The minimum absolute atomic E-state index is 0.0515. The molecule has 162 valence electrons. The lowest BCUT2D eigenvalue weighted by Gasteiger charge is -2.20. The molecule has 2 amide bonds. The lowest BCUT2D eigenvalue weighted by molar-refractivity contribution is -0.120. The zero-order chi connectivity index (χ0) is 22.0.